The van der Waals surface area contributed by atoms with Gasteiger partial charge in [-0.2, -0.15) is 0 Å². The first-order valence-electron chi connectivity index (χ1n) is 12.4. The first kappa shape index (κ1) is 27.5. The molecule has 2 fully saturated rings. The van der Waals surface area contributed by atoms with Crippen LogP contribution in [-0.2, 0) is 9.59 Å². The average Bonchev–Trinajstić information content (AvgIpc) is 2.92. The second-order valence-electron chi connectivity index (χ2n) is 9.00. The molecule has 1 aliphatic heterocycles. The zero-order chi connectivity index (χ0) is 25.9. The summed E-state index contributed by atoms with van der Waals surface area (Å²) in [5, 5.41) is 2.81. The van der Waals surface area contributed by atoms with Crippen molar-refractivity contribution in [2.24, 2.45) is 5.73 Å². The summed E-state index contributed by atoms with van der Waals surface area (Å²) < 4.78 is 5.14. The van der Waals surface area contributed by atoms with E-state index in [2.05, 4.69) is 10.2 Å². The number of nitrogens with two attached hydrogens (primary N) is 1. The van der Waals surface area contributed by atoms with E-state index < -0.39 is 11.9 Å². The van der Waals surface area contributed by atoms with Crippen LogP contribution in [0.4, 0.5) is 0 Å². The molecule has 1 heterocycles. The Kier molecular flexibility index (Phi) is 10.6. The molecule has 1 aliphatic carbocycles. The normalized spacial score (nSPS) is 17.3. The highest BCUT2D eigenvalue weighted by Crippen LogP contribution is 2.26. The fourth-order valence-corrected chi connectivity index (χ4v) is 5.01. The largest absolute Gasteiger partial charge is 0.497 e. The van der Waals surface area contributed by atoms with Crippen molar-refractivity contribution in [1.82, 2.24) is 15.1 Å². The van der Waals surface area contributed by atoms with Gasteiger partial charge in [-0.15, -0.1) is 0 Å². The number of ether oxygens (including phenoxy) is 1. The molecule has 0 aromatic heterocycles. The fourth-order valence-electron chi connectivity index (χ4n) is 4.76. The zero-order valence-corrected chi connectivity index (χ0v) is 21.5. The molecule has 194 valence electrons. The van der Waals surface area contributed by atoms with E-state index >= 15 is 0 Å². The van der Waals surface area contributed by atoms with Gasteiger partial charge in [-0.1, -0.05) is 61.2 Å². The van der Waals surface area contributed by atoms with E-state index in [1.54, 1.807) is 49.6 Å². The van der Waals surface area contributed by atoms with Gasteiger partial charge in [0.25, 0.3) is 5.91 Å². The Morgan fingerprint density at radius 3 is 2.28 bits per heavy atom. The third-order valence-electron chi connectivity index (χ3n) is 6.75. The number of hydrogen-bond acceptors (Lipinski definition) is 5. The number of rotatable bonds is 7. The highest BCUT2D eigenvalue weighted by Gasteiger charge is 2.28. The molecule has 0 radical (unpaired) electrons. The standard InChI is InChI=1S/C18H25ClN2O2.C9H10N2O2/c1-23-15-7-8-16(17(19)13-15)18(22)21-11-9-20(10-12-21)14-5-3-2-4-6-14;10-9(13)8(11-6-12)7-4-2-1-3-5-7/h7-8,13-14H,2-6,9-12H2,1H3;1-6,8H,(H2,10,13)(H,11,12). The maximum absolute atomic E-state index is 12.7. The summed E-state index contributed by atoms with van der Waals surface area (Å²) >= 11 is 6.23. The van der Waals surface area contributed by atoms with Crippen LogP contribution in [0.25, 0.3) is 0 Å². The van der Waals surface area contributed by atoms with E-state index in [-0.39, 0.29) is 5.91 Å². The monoisotopic (exact) mass is 514 g/mol. The summed E-state index contributed by atoms with van der Waals surface area (Å²) in [5.41, 5.74) is 6.35. The van der Waals surface area contributed by atoms with Gasteiger partial charge in [-0.3, -0.25) is 19.3 Å². The summed E-state index contributed by atoms with van der Waals surface area (Å²) in [5.74, 6) is 0.132. The van der Waals surface area contributed by atoms with E-state index in [0.29, 0.717) is 28.3 Å². The lowest BCUT2D eigenvalue weighted by atomic mass is 9.94. The van der Waals surface area contributed by atoms with Gasteiger partial charge in [-0.25, -0.2) is 0 Å². The molecule has 2 aliphatic rings. The van der Waals surface area contributed by atoms with Gasteiger partial charge in [0.05, 0.1) is 17.7 Å². The van der Waals surface area contributed by atoms with Gasteiger partial charge < -0.3 is 20.7 Å². The molecule has 4 rings (SSSR count). The van der Waals surface area contributed by atoms with Gasteiger partial charge >= 0.3 is 0 Å². The number of carbonyl (C=O) groups excluding carboxylic acids is 3. The number of benzene rings is 2. The van der Waals surface area contributed by atoms with Crippen molar-refractivity contribution >= 4 is 29.8 Å². The number of piperazine rings is 1. The zero-order valence-electron chi connectivity index (χ0n) is 20.7. The number of methoxy groups -OCH3 is 1. The Balaban J connectivity index is 0.000000236. The lowest BCUT2D eigenvalue weighted by Gasteiger charge is -2.40. The van der Waals surface area contributed by atoms with Crippen molar-refractivity contribution < 1.29 is 19.1 Å². The van der Waals surface area contributed by atoms with Crippen LogP contribution in [0.5, 0.6) is 5.75 Å². The maximum atomic E-state index is 12.7. The molecule has 1 atom stereocenters. The van der Waals surface area contributed by atoms with Gasteiger partial charge in [0.2, 0.25) is 12.3 Å². The molecule has 1 saturated carbocycles. The number of carbonyl (C=O) groups is 3. The molecule has 0 bridgehead atoms. The topological polar surface area (TPSA) is 105 Å². The molecule has 2 aromatic rings. The quantitative estimate of drug-likeness (QED) is 0.551. The van der Waals surface area contributed by atoms with Crippen molar-refractivity contribution in [1.29, 1.82) is 0 Å². The Hall–Kier alpha value is -3.10. The van der Waals surface area contributed by atoms with Crippen LogP contribution in [0.2, 0.25) is 5.02 Å². The molecule has 3 N–H and O–H groups in total. The molecular formula is C27H35ClN4O4. The van der Waals surface area contributed by atoms with Crippen LogP contribution in [0, 0.1) is 0 Å². The molecule has 36 heavy (non-hydrogen) atoms. The minimum atomic E-state index is -0.737. The van der Waals surface area contributed by atoms with E-state index in [9.17, 15) is 14.4 Å². The lowest BCUT2D eigenvalue weighted by molar-refractivity contribution is -0.122. The minimum Gasteiger partial charge on any atom is -0.497 e. The van der Waals surface area contributed by atoms with Gasteiger partial charge in [0.15, 0.2) is 0 Å². The average molecular weight is 515 g/mol. The lowest BCUT2D eigenvalue weighted by Crippen LogP contribution is -2.52. The number of nitrogens with one attached hydrogen (secondary N) is 1. The summed E-state index contributed by atoms with van der Waals surface area (Å²) in [6.07, 6.45) is 7.18. The summed E-state index contributed by atoms with van der Waals surface area (Å²) in [6, 6.07) is 14.1. The Bertz CT molecular complexity index is 1010. The van der Waals surface area contributed by atoms with Crippen molar-refractivity contribution in [3.05, 3.63) is 64.7 Å². The second kappa shape index (κ2) is 13.8. The molecule has 8 nitrogen and oxygen atoms in total. The van der Waals surface area contributed by atoms with Crippen molar-refractivity contribution in [2.45, 2.75) is 44.2 Å². The number of primary amides is 1. The van der Waals surface area contributed by atoms with Crippen LogP contribution in [0.3, 0.4) is 0 Å². The smallest absolute Gasteiger partial charge is 0.255 e. The van der Waals surface area contributed by atoms with Crippen LogP contribution in [0.15, 0.2) is 48.5 Å². The fraction of sp³-hybridized carbons (Fsp3) is 0.444. The summed E-state index contributed by atoms with van der Waals surface area (Å²) in [4.78, 5) is 38.2. The highest BCUT2D eigenvalue weighted by atomic mass is 35.5. The molecule has 2 aromatic carbocycles. The van der Waals surface area contributed by atoms with Crippen LogP contribution < -0.4 is 15.8 Å². The van der Waals surface area contributed by atoms with Crippen molar-refractivity contribution in [3.63, 3.8) is 0 Å². The van der Waals surface area contributed by atoms with Crippen LogP contribution >= 0.6 is 11.6 Å². The van der Waals surface area contributed by atoms with Crippen molar-refractivity contribution in [2.75, 3.05) is 33.3 Å². The molecule has 0 spiro atoms. The number of halogens is 1. The molecular weight excluding hydrogens is 480 g/mol. The first-order chi connectivity index (χ1) is 17.4. The van der Waals surface area contributed by atoms with Crippen LogP contribution in [0.1, 0.15) is 54.1 Å². The summed E-state index contributed by atoms with van der Waals surface area (Å²) in [7, 11) is 1.59. The summed E-state index contributed by atoms with van der Waals surface area (Å²) in [6.45, 7) is 3.53. The molecule has 1 unspecified atom stereocenters. The van der Waals surface area contributed by atoms with E-state index in [4.69, 9.17) is 22.1 Å². The minimum absolute atomic E-state index is 0.0287. The van der Waals surface area contributed by atoms with Gasteiger partial charge in [0.1, 0.15) is 11.8 Å². The third-order valence-corrected chi connectivity index (χ3v) is 7.06. The third kappa shape index (κ3) is 7.45. The van der Waals surface area contributed by atoms with Crippen LogP contribution in [-0.4, -0.2) is 67.4 Å². The second-order valence-corrected chi connectivity index (χ2v) is 9.40. The maximum Gasteiger partial charge on any atom is 0.255 e. The molecule has 1 saturated heterocycles. The van der Waals surface area contributed by atoms with Crippen molar-refractivity contribution in [3.8, 4) is 5.75 Å². The SMILES string of the molecule is COc1ccc(C(=O)N2CCN(C3CCCCC3)CC2)c(Cl)c1.NC(=O)C(NC=O)c1ccccc1. The van der Waals surface area contributed by atoms with Gasteiger partial charge in [0, 0.05) is 32.2 Å². The number of hydrogen-bond donors (Lipinski definition) is 2. The van der Waals surface area contributed by atoms with E-state index in [1.807, 2.05) is 11.0 Å². The highest BCUT2D eigenvalue weighted by molar-refractivity contribution is 6.34. The Morgan fingerprint density at radius 1 is 1.06 bits per heavy atom. The number of nitrogens with zero attached hydrogens (tertiary/aromatic N) is 2. The van der Waals surface area contributed by atoms with Gasteiger partial charge in [-0.05, 0) is 36.6 Å². The molecule has 9 heteroatoms. The predicted octanol–water partition coefficient (Wildman–Crippen LogP) is 3.40. The van der Waals surface area contributed by atoms with E-state index in [0.717, 1.165) is 32.2 Å². The predicted molar refractivity (Wildman–Crippen MR) is 140 cm³/mol. The Labute approximate surface area is 217 Å². The van der Waals surface area contributed by atoms with E-state index in [1.165, 1.54) is 32.1 Å². The Morgan fingerprint density at radius 2 is 1.72 bits per heavy atom. The number of amides is 3. The first-order valence-corrected chi connectivity index (χ1v) is 12.7. The molecule has 3 amide bonds.